The monoisotopic (exact) mass is 466 g/mol. The van der Waals surface area contributed by atoms with E-state index in [0.717, 1.165) is 28.9 Å². The Morgan fingerprint density at radius 3 is 2.61 bits per heavy atom. The maximum atomic E-state index is 11.9. The van der Waals surface area contributed by atoms with Gasteiger partial charge in [-0.1, -0.05) is 5.16 Å². The van der Waals surface area contributed by atoms with Crippen LogP contribution in [-0.4, -0.2) is 54.1 Å². The summed E-state index contributed by atoms with van der Waals surface area (Å²) < 4.78 is 21.0. The Bertz CT molecular complexity index is 1230. The molecule has 0 bridgehead atoms. The van der Waals surface area contributed by atoms with Crippen LogP contribution in [0.2, 0.25) is 0 Å². The molecular formula is C23H22N4O5S. The van der Waals surface area contributed by atoms with E-state index in [9.17, 15) is 4.79 Å². The molecule has 2 aromatic carbocycles. The van der Waals surface area contributed by atoms with Crippen molar-refractivity contribution in [2.24, 2.45) is 9.98 Å². The zero-order chi connectivity index (χ0) is 23.4. The van der Waals surface area contributed by atoms with Crippen LogP contribution in [0.15, 0.2) is 50.9 Å². The third kappa shape index (κ3) is 4.90. The number of benzene rings is 2. The van der Waals surface area contributed by atoms with Gasteiger partial charge in [0.05, 0.1) is 26.5 Å². The van der Waals surface area contributed by atoms with Crippen molar-refractivity contribution in [3.05, 3.63) is 53.4 Å². The normalized spacial score (nSPS) is 13.5. The molecule has 0 N–H and O–H groups in total. The third-order valence-electron chi connectivity index (χ3n) is 4.90. The molecule has 170 valence electrons. The highest BCUT2D eigenvalue weighted by molar-refractivity contribution is 8.15. The van der Waals surface area contributed by atoms with E-state index >= 15 is 0 Å². The van der Waals surface area contributed by atoms with Gasteiger partial charge in [0.15, 0.2) is 11.5 Å². The molecule has 1 aromatic heterocycles. The van der Waals surface area contributed by atoms with Gasteiger partial charge in [-0.25, -0.2) is 9.79 Å². The Morgan fingerprint density at radius 2 is 1.97 bits per heavy atom. The Kier molecular flexibility index (Phi) is 6.74. The maximum absolute atomic E-state index is 11.9. The van der Waals surface area contributed by atoms with Crippen molar-refractivity contribution in [1.82, 2.24) is 10.1 Å². The number of methoxy groups -OCH3 is 2. The molecule has 3 aromatic rings. The smallest absolute Gasteiger partial charge is 0.434 e. The first-order valence-corrected chi connectivity index (χ1v) is 11.3. The molecule has 0 fully saturated rings. The number of hydrogen-bond acceptors (Lipinski definition) is 9. The lowest BCUT2D eigenvalue weighted by Gasteiger charge is -2.13. The molecule has 0 radical (unpaired) electrons. The number of aliphatic imine (C=N–C) groups is 2. The van der Waals surface area contributed by atoms with Crippen molar-refractivity contribution < 1.29 is 23.5 Å². The minimum Gasteiger partial charge on any atom is -0.493 e. The molecule has 9 nitrogen and oxygen atoms in total. The van der Waals surface area contributed by atoms with E-state index in [0.29, 0.717) is 40.5 Å². The van der Waals surface area contributed by atoms with Crippen LogP contribution in [0.5, 0.6) is 11.5 Å². The lowest BCUT2D eigenvalue weighted by Crippen LogP contribution is -2.15. The Hall–Kier alpha value is -3.66. The van der Waals surface area contributed by atoms with Crippen molar-refractivity contribution in [2.45, 2.75) is 13.3 Å². The maximum Gasteiger partial charge on any atom is 0.434 e. The number of rotatable bonds is 5. The minimum absolute atomic E-state index is 0.417. The van der Waals surface area contributed by atoms with Crippen LogP contribution in [0.4, 0.5) is 10.5 Å². The number of nitrogens with zero attached hydrogens (tertiary/aromatic N) is 4. The quantitative estimate of drug-likeness (QED) is 0.395. The average Bonchev–Trinajstić information content (AvgIpc) is 3.49. The summed E-state index contributed by atoms with van der Waals surface area (Å²) in [4.78, 5) is 25.1. The van der Waals surface area contributed by atoms with E-state index in [4.69, 9.17) is 23.7 Å². The molecule has 0 atom stereocenters. The van der Waals surface area contributed by atoms with Crippen LogP contribution < -0.4 is 9.47 Å². The van der Waals surface area contributed by atoms with Crippen molar-refractivity contribution in [1.29, 1.82) is 0 Å². The average molecular weight is 467 g/mol. The summed E-state index contributed by atoms with van der Waals surface area (Å²) >= 11 is 1.30. The van der Waals surface area contributed by atoms with Gasteiger partial charge in [-0.05, 0) is 42.7 Å². The van der Waals surface area contributed by atoms with E-state index in [-0.39, 0.29) is 0 Å². The summed E-state index contributed by atoms with van der Waals surface area (Å²) in [7, 11) is 2.88. The summed E-state index contributed by atoms with van der Waals surface area (Å²) in [5, 5.41) is 4.36. The van der Waals surface area contributed by atoms with Gasteiger partial charge in [0.2, 0.25) is 11.7 Å². The number of hydrogen-bond donors (Lipinski definition) is 0. The highest BCUT2D eigenvalue weighted by Gasteiger charge is 2.23. The zero-order valence-corrected chi connectivity index (χ0v) is 19.4. The van der Waals surface area contributed by atoms with Crippen molar-refractivity contribution in [3.63, 3.8) is 0 Å². The second-order valence-electron chi connectivity index (χ2n) is 7.00. The zero-order valence-electron chi connectivity index (χ0n) is 18.6. The van der Waals surface area contributed by atoms with E-state index in [2.05, 4.69) is 15.1 Å². The fourth-order valence-corrected chi connectivity index (χ4v) is 3.87. The minimum atomic E-state index is -0.702. The number of fused-ring (bicyclic) bond motifs is 1. The van der Waals surface area contributed by atoms with Gasteiger partial charge >= 0.3 is 6.09 Å². The van der Waals surface area contributed by atoms with Gasteiger partial charge in [0.1, 0.15) is 10.8 Å². The van der Waals surface area contributed by atoms with E-state index in [1.54, 1.807) is 14.0 Å². The molecule has 33 heavy (non-hydrogen) atoms. The summed E-state index contributed by atoms with van der Waals surface area (Å²) in [6, 6.07) is 11.2. The molecule has 2 heterocycles. The highest BCUT2D eigenvalue weighted by atomic mass is 32.2. The molecule has 0 spiro atoms. The van der Waals surface area contributed by atoms with Gasteiger partial charge in [0, 0.05) is 30.0 Å². The molecule has 0 aliphatic carbocycles. The number of thioether (sulfide) groups is 1. The standard InChI is InChI=1S/C23H22N4O5S/c1-13-24-21(27-32-13)14-5-7-17(8-6-14)25-19(22(33-4)26-23(28)30-3)16-11-15-9-10-31-20(15)18(12-16)29-2/h5-8,11-12H,9-10H2,1-4H3/b25-19?,26-22-. The number of carbonyl (C=O) groups is 1. The SMILES string of the molecule is COC(=O)/N=C(\SC)C(=Nc1ccc(-c2noc(C)n2)cc1)c1cc2c(c(OC)c1)OCC2. The molecule has 1 aliphatic heterocycles. The van der Waals surface area contributed by atoms with Gasteiger partial charge in [-0.2, -0.15) is 9.98 Å². The number of amides is 1. The predicted octanol–water partition coefficient (Wildman–Crippen LogP) is 4.64. The topological polar surface area (TPSA) is 108 Å². The summed E-state index contributed by atoms with van der Waals surface area (Å²) in [5.74, 6) is 2.33. The second-order valence-corrected chi connectivity index (χ2v) is 7.80. The fraction of sp³-hybridized carbons (Fsp3) is 0.261. The molecule has 0 saturated heterocycles. The number of aromatic nitrogens is 2. The van der Waals surface area contributed by atoms with Crippen LogP contribution in [0.1, 0.15) is 17.0 Å². The molecule has 0 unspecified atom stereocenters. The highest BCUT2D eigenvalue weighted by Crippen LogP contribution is 2.37. The Labute approximate surface area is 194 Å². The van der Waals surface area contributed by atoms with Gasteiger partial charge < -0.3 is 18.7 Å². The van der Waals surface area contributed by atoms with Crippen LogP contribution in [-0.2, 0) is 11.2 Å². The molecule has 4 rings (SSSR count). The van der Waals surface area contributed by atoms with Crippen LogP contribution in [0.25, 0.3) is 11.4 Å². The van der Waals surface area contributed by atoms with Crippen molar-refractivity contribution in [2.75, 3.05) is 27.1 Å². The van der Waals surface area contributed by atoms with Crippen LogP contribution >= 0.6 is 11.8 Å². The number of ether oxygens (including phenoxy) is 3. The van der Waals surface area contributed by atoms with E-state index in [1.807, 2.05) is 42.7 Å². The molecular weight excluding hydrogens is 444 g/mol. The third-order valence-corrected chi connectivity index (χ3v) is 5.57. The summed E-state index contributed by atoms with van der Waals surface area (Å²) in [6.07, 6.45) is 1.88. The molecule has 10 heteroatoms. The van der Waals surface area contributed by atoms with Crippen LogP contribution in [0, 0.1) is 6.92 Å². The lowest BCUT2D eigenvalue weighted by molar-refractivity contribution is 0.183. The summed E-state index contributed by atoms with van der Waals surface area (Å²) in [5.41, 5.74) is 3.75. The van der Waals surface area contributed by atoms with Gasteiger partial charge in [-0.15, -0.1) is 11.8 Å². The van der Waals surface area contributed by atoms with E-state index in [1.165, 1.54) is 18.9 Å². The second kappa shape index (κ2) is 9.86. The first kappa shape index (κ1) is 22.5. The van der Waals surface area contributed by atoms with Crippen LogP contribution in [0.3, 0.4) is 0 Å². The number of aryl methyl sites for hydroxylation is 1. The van der Waals surface area contributed by atoms with E-state index < -0.39 is 6.09 Å². The molecule has 0 saturated carbocycles. The lowest BCUT2D eigenvalue weighted by atomic mass is 10.0. The largest absolute Gasteiger partial charge is 0.493 e. The Balaban J connectivity index is 1.80. The number of carbonyl (C=O) groups excluding carboxylic acids is 1. The molecule has 1 aliphatic rings. The first-order chi connectivity index (χ1) is 16.0. The Morgan fingerprint density at radius 1 is 1.18 bits per heavy atom. The van der Waals surface area contributed by atoms with Gasteiger partial charge in [-0.3, -0.25) is 0 Å². The van der Waals surface area contributed by atoms with Gasteiger partial charge in [0.25, 0.3) is 0 Å². The van der Waals surface area contributed by atoms with Crippen molar-refractivity contribution >= 4 is 34.3 Å². The molecule has 1 amide bonds. The first-order valence-electron chi connectivity index (χ1n) is 10.1. The summed E-state index contributed by atoms with van der Waals surface area (Å²) in [6.45, 7) is 2.33. The predicted molar refractivity (Wildman–Crippen MR) is 126 cm³/mol. The van der Waals surface area contributed by atoms with Crippen molar-refractivity contribution in [3.8, 4) is 22.9 Å². The fourth-order valence-electron chi connectivity index (χ4n) is 3.35.